The van der Waals surface area contributed by atoms with Gasteiger partial charge in [0.1, 0.15) is 0 Å². The number of rotatable bonds is 4. The molecule has 2 bridgehead atoms. The van der Waals surface area contributed by atoms with Gasteiger partial charge in [-0.15, -0.1) is 0 Å². The normalized spacial score (nSPS) is 30.2. The van der Waals surface area contributed by atoms with Gasteiger partial charge in [0, 0.05) is 12.6 Å². The minimum Gasteiger partial charge on any atom is -0.387 e. The van der Waals surface area contributed by atoms with Crippen molar-refractivity contribution in [2.24, 2.45) is 11.8 Å². The molecule has 0 saturated heterocycles. The highest BCUT2D eigenvalue weighted by molar-refractivity contribution is 5.32. The van der Waals surface area contributed by atoms with Crippen LogP contribution in [-0.4, -0.2) is 17.7 Å². The van der Waals surface area contributed by atoms with E-state index >= 15 is 0 Å². The number of fused-ring (bicyclic) bond motifs is 2. The molecule has 100 valence electrons. The maximum atomic E-state index is 10.2. The molecular formula is C16H20N2O. The molecule has 4 atom stereocenters. The fourth-order valence-electron chi connectivity index (χ4n) is 3.66. The van der Waals surface area contributed by atoms with E-state index < -0.39 is 6.10 Å². The maximum absolute atomic E-state index is 10.2. The van der Waals surface area contributed by atoms with Crippen molar-refractivity contribution >= 4 is 0 Å². The van der Waals surface area contributed by atoms with Crippen molar-refractivity contribution < 1.29 is 5.11 Å². The largest absolute Gasteiger partial charge is 0.387 e. The van der Waals surface area contributed by atoms with E-state index in [1.54, 1.807) is 12.1 Å². The molecular weight excluding hydrogens is 236 g/mol. The summed E-state index contributed by atoms with van der Waals surface area (Å²) in [5.74, 6) is 1.76. The zero-order valence-electron chi connectivity index (χ0n) is 11.0. The van der Waals surface area contributed by atoms with E-state index in [9.17, 15) is 5.11 Å². The Balaban J connectivity index is 1.53. The molecule has 1 aromatic rings. The second kappa shape index (κ2) is 5.32. The van der Waals surface area contributed by atoms with Crippen molar-refractivity contribution in [1.82, 2.24) is 5.32 Å². The van der Waals surface area contributed by atoms with E-state index in [2.05, 4.69) is 11.4 Å². The zero-order valence-corrected chi connectivity index (χ0v) is 11.0. The van der Waals surface area contributed by atoms with Crippen LogP contribution in [0.3, 0.4) is 0 Å². The van der Waals surface area contributed by atoms with Gasteiger partial charge < -0.3 is 10.4 Å². The number of aliphatic hydroxyl groups is 1. The molecule has 2 fully saturated rings. The summed E-state index contributed by atoms with van der Waals surface area (Å²) >= 11 is 0. The highest BCUT2D eigenvalue weighted by Crippen LogP contribution is 2.44. The third kappa shape index (κ3) is 2.65. The predicted octanol–water partition coefficient (Wildman–Crippen LogP) is 2.37. The molecule has 4 unspecified atom stereocenters. The van der Waals surface area contributed by atoms with E-state index in [0.717, 1.165) is 17.4 Å². The fourth-order valence-corrected chi connectivity index (χ4v) is 3.66. The number of nitrogens with one attached hydrogen (secondary N) is 1. The Hall–Kier alpha value is -1.37. The van der Waals surface area contributed by atoms with Crippen LogP contribution in [0.4, 0.5) is 0 Å². The smallest absolute Gasteiger partial charge is 0.0991 e. The van der Waals surface area contributed by atoms with E-state index in [1.807, 2.05) is 12.1 Å². The Labute approximate surface area is 114 Å². The van der Waals surface area contributed by atoms with E-state index in [4.69, 9.17) is 5.26 Å². The Morgan fingerprint density at radius 1 is 1.26 bits per heavy atom. The molecule has 3 nitrogen and oxygen atoms in total. The van der Waals surface area contributed by atoms with Gasteiger partial charge in [-0.3, -0.25) is 0 Å². The van der Waals surface area contributed by atoms with Crippen molar-refractivity contribution in [3.63, 3.8) is 0 Å². The van der Waals surface area contributed by atoms with Gasteiger partial charge in [0.25, 0.3) is 0 Å². The molecule has 0 aliphatic heterocycles. The van der Waals surface area contributed by atoms with Crippen LogP contribution in [0.2, 0.25) is 0 Å². The van der Waals surface area contributed by atoms with Crippen molar-refractivity contribution in [2.45, 2.75) is 37.8 Å². The van der Waals surface area contributed by atoms with Crippen LogP contribution in [0.5, 0.6) is 0 Å². The van der Waals surface area contributed by atoms with Gasteiger partial charge in [0.15, 0.2) is 0 Å². The van der Waals surface area contributed by atoms with Gasteiger partial charge in [0.2, 0.25) is 0 Å². The number of hydrogen-bond acceptors (Lipinski definition) is 3. The predicted molar refractivity (Wildman–Crippen MR) is 73.4 cm³/mol. The van der Waals surface area contributed by atoms with Gasteiger partial charge in [-0.05, 0) is 48.8 Å². The molecule has 2 saturated carbocycles. The summed E-state index contributed by atoms with van der Waals surface area (Å²) in [6.07, 6.45) is 4.94. The molecule has 0 heterocycles. The number of nitriles is 1. The summed E-state index contributed by atoms with van der Waals surface area (Å²) in [4.78, 5) is 0. The molecule has 1 aromatic carbocycles. The number of aliphatic hydroxyl groups excluding tert-OH is 1. The lowest BCUT2D eigenvalue weighted by molar-refractivity contribution is 0.163. The fraction of sp³-hybridized carbons (Fsp3) is 0.562. The molecule has 19 heavy (non-hydrogen) atoms. The SMILES string of the molecule is N#Cc1ccc(C(O)CNC2CC3CCC2C3)cc1. The van der Waals surface area contributed by atoms with Crippen LogP contribution >= 0.6 is 0 Å². The molecule has 3 heteroatoms. The van der Waals surface area contributed by atoms with Crippen molar-refractivity contribution in [3.05, 3.63) is 35.4 Å². The van der Waals surface area contributed by atoms with Gasteiger partial charge in [-0.2, -0.15) is 5.26 Å². The lowest BCUT2D eigenvalue weighted by atomic mass is 9.95. The Kier molecular flexibility index (Phi) is 3.54. The maximum Gasteiger partial charge on any atom is 0.0991 e. The van der Waals surface area contributed by atoms with Crippen LogP contribution in [0.25, 0.3) is 0 Å². The molecule has 0 aromatic heterocycles. The molecule has 3 rings (SSSR count). The van der Waals surface area contributed by atoms with Crippen molar-refractivity contribution in [1.29, 1.82) is 5.26 Å². The van der Waals surface area contributed by atoms with Crippen LogP contribution in [0, 0.1) is 23.2 Å². The van der Waals surface area contributed by atoms with Gasteiger partial charge in [0.05, 0.1) is 17.7 Å². The van der Waals surface area contributed by atoms with Crippen LogP contribution in [0.15, 0.2) is 24.3 Å². The summed E-state index contributed by atoms with van der Waals surface area (Å²) < 4.78 is 0. The Morgan fingerprint density at radius 2 is 2.05 bits per heavy atom. The molecule has 2 aliphatic rings. The van der Waals surface area contributed by atoms with Gasteiger partial charge in [-0.25, -0.2) is 0 Å². The van der Waals surface area contributed by atoms with E-state index in [0.29, 0.717) is 18.2 Å². The third-order valence-corrected chi connectivity index (χ3v) is 4.74. The number of hydrogen-bond donors (Lipinski definition) is 2. The summed E-state index contributed by atoms with van der Waals surface area (Å²) in [5, 5.41) is 22.4. The summed E-state index contributed by atoms with van der Waals surface area (Å²) in [6.45, 7) is 0.611. The average molecular weight is 256 g/mol. The number of benzene rings is 1. The monoisotopic (exact) mass is 256 g/mol. The minimum atomic E-state index is -0.480. The standard InChI is InChI=1S/C16H20N2O/c17-9-11-1-4-13(5-2-11)16(19)10-18-15-8-12-3-6-14(15)7-12/h1-2,4-5,12,14-16,18-19H,3,6-8,10H2. The summed E-state index contributed by atoms with van der Waals surface area (Å²) in [5.41, 5.74) is 1.52. The first-order valence-corrected chi connectivity index (χ1v) is 7.18. The third-order valence-electron chi connectivity index (χ3n) is 4.74. The number of nitrogens with zero attached hydrogens (tertiary/aromatic N) is 1. The van der Waals surface area contributed by atoms with Crippen LogP contribution in [0.1, 0.15) is 42.9 Å². The minimum absolute atomic E-state index is 0.480. The first-order chi connectivity index (χ1) is 9.26. The highest BCUT2D eigenvalue weighted by atomic mass is 16.3. The van der Waals surface area contributed by atoms with Crippen molar-refractivity contribution in [2.75, 3.05) is 6.54 Å². The van der Waals surface area contributed by atoms with E-state index in [1.165, 1.54) is 25.7 Å². The topological polar surface area (TPSA) is 56.0 Å². The lowest BCUT2D eigenvalue weighted by Crippen LogP contribution is -2.36. The summed E-state index contributed by atoms with van der Waals surface area (Å²) in [6, 6.07) is 9.89. The van der Waals surface area contributed by atoms with Crippen LogP contribution < -0.4 is 5.32 Å². The summed E-state index contributed by atoms with van der Waals surface area (Å²) in [7, 11) is 0. The van der Waals surface area contributed by atoms with Crippen molar-refractivity contribution in [3.8, 4) is 6.07 Å². The lowest BCUT2D eigenvalue weighted by Gasteiger charge is -2.24. The molecule has 0 spiro atoms. The first kappa shape index (κ1) is 12.7. The van der Waals surface area contributed by atoms with Gasteiger partial charge >= 0.3 is 0 Å². The molecule has 2 N–H and O–H groups in total. The second-order valence-corrected chi connectivity index (χ2v) is 5.94. The molecule has 0 amide bonds. The Bertz CT molecular complexity index is 477. The quantitative estimate of drug-likeness (QED) is 0.869. The van der Waals surface area contributed by atoms with E-state index in [-0.39, 0.29) is 0 Å². The van der Waals surface area contributed by atoms with Crippen LogP contribution in [-0.2, 0) is 0 Å². The Morgan fingerprint density at radius 3 is 2.63 bits per heavy atom. The van der Waals surface area contributed by atoms with Gasteiger partial charge in [-0.1, -0.05) is 18.6 Å². The molecule has 0 radical (unpaired) electrons. The second-order valence-electron chi connectivity index (χ2n) is 5.94. The first-order valence-electron chi connectivity index (χ1n) is 7.18. The molecule has 2 aliphatic carbocycles. The zero-order chi connectivity index (χ0) is 13.2. The highest BCUT2D eigenvalue weighted by Gasteiger charge is 2.39. The average Bonchev–Trinajstić information content (AvgIpc) is 3.07.